The minimum absolute atomic E-state index is 0.210. The molecule has 3 aliphatic rings. The van der Waals surface area contributed by atoms with Gasteiger partial charge in [0.1, 0.15) is 5.60 Å². The molecule has 5 nitrogen and oxygen atoms in total. The van der Waals surface area contributed by atoms with Crippen LogP contribution in [-0.4, -0.2) is 30.1 Å². The fourth-order valence-electron chi connectivity index (χ4n) is 3.61. The summed E-state index contributed by atoms with van der Waals surface area (Å²) in [6.07, 6.45) is 3.02. The van der Waals surface area contributed by atoms with Crippen LogP contribution < -0.4 is 10.0 Å². The van der Waals surface area contributed by atoms with Gasteiger partial charge in [-0.25, -0.2) is 0 Å². The van der Waals surface area contributed by atoms with Crippen molar-refractivity contribution in [1.82, 2.24) is 0 Å². The van der Waals surface area contributed by atoms with E-state index in [-0.39, 0.29) is 5.91 Å². The maximum atomic E-state index is 12.7. The molecule has 2 fully saturated rings. The molecule has 108 valence electrons. The number of ether oxygens (including phenoxy) is 1. The number of carbonyl (C=O) groups is 2. The minimum Gasteiger partial charge on any atom is -0.550 e. The number of hydrogen-bond donors (Lipinski definition) is 0. The number of anilines is 1. The van der Waals surface area contributed by atoms with Gasteiger partial charge in [-0.3, -0.25) is 4.79 Å². The average molecular weight is 349 g/mol. The van der Waals surface area contributed by atoms with Crippen molar-refractivity contribution in [3.63, 3.8) is 0 Å². The third-order valence-electron chi connectivity index (χ3n) is 4.51. The molecule has 0 saturated carbocycles. The molecule has 0 aliphatic carbocycles. The molecule has 0 unspecified atom stereocenters. The van der Waals surface area contributed by atoms with E-state index in [1.54, 1.807) is 11.0 Å². The number of benzene rings is 1. The Hall–Kier alpha value is -1.66. The van der Waals surface area contributed by atoms with Crippen molar-refractivity contribution >= 4 is 33.5 Å². The van der Waals surface area contributed by atoms with Gasteiger partial charge in [0.25, 0.3) is 0 Å². The number of aliphatic carboxylic acids is 1. The van der Waals surface area contributed by atoms with Crippen molar-refractivity contribution in [1.29, 1.82) is 0 Å². The van der Waals surface area contributed by atoms with Crippen molar-refractivity contribution in [3.8, 4) is 0 Å². The molecule has 21 heavy (non-hydrogen) atoms. The van der Waals surface area contributed by atoms with E-state index in [1.165, 1.54) is 0 Å². The normalized spacial score (nSPS) is 36.3. The zero-order chi connectivity index (χ0) is 14.8. The summed E-state index contributed by atoms with van der Waals surface area (Å²) in [6.45, 7) is 0.342. The molecular formula is C15H11BrNO4-. The molecule has 1 spiro atoms. The first kappa shape index (κ1) is 13.0. The topological polar surface area (TPSA) is 69.7 Å². The highest BCUT2D eigenvalue weighted by atomic mass is 79.9. The van der Waals surface area contributed by atoms with E-state index < -0.39 is 29.5 Å². The Kier molecular flexibility index (Phi) is 2.59. The fourth-order valence-corrected chi connectivity index (χ4v) is 3.87. The lowest BCUT2D eigenvalue weighted by Gasteiger charge is -2.24. The molecule has 4 rings (SSSR count). The van der Waals surface area contributed by atoms with Crippen LogP contribution in [0, 0.1) is 11.8 Å². The quantitative estimate of drug-likeness (QED) is 0.729. The van der Waals surface area contributed by atoms with E-state index in [1.807, 2.05) is 30.3 Å². The van der Waals surface area contributed by atoms with E-state index in [0.29, 0.717) is 6.54 Å². The van der Waals surface area contributed by atoms with Gasteiger partial charge in [0.15, 0.2) is 0 Å². The lowest BCUT2D eigenvalue weighted by molar-refractivity contribution is -0.313. The maximum absolute atomic E-state index is 12.7. The van der Waals surface area contributed by atoms with Gasteiger partial charge < -0.3 is 19.5 Å². The van der Waals surface area contributed by atoms with Gasteiger partial charge in [-0.15, -0.1) is 0 Å². The molecule has 1 aromatic rings. The second-order valence-electron chi connectivity index (χ2n) is 5.62. The Morgan fingerprint density at radius 2 is 2.10 bits per heavy atom. The van der Waals surface area contributed by atoms with Crippen molar-refractivity contribution < 1.29 is 19.4 Å². The Morgan fingerprint density at radius 1 is 1.38 bits per heavy atom. The fraction of sp³-hybridized carbons (Fsp3) is 0.333. The van der Waals surface area contributed by atoms with Gasteiger partial charge in [0.05, 0.1) is 18.6 Å². The third kappa shape index (κ3) is 1.66. The first-order valence-corrected chi connectivity index (χ1v) is 7.46. The number of carboxylic acids is 1. The minimum atomic E-state index is -1.22. The lowest BCUT2D eigenvalue weighted by atomic mass is 9.77. The number of fused-ring (bicyclic) bond motifs is 1. The molecule has 1 amide bonds. The Balaban J connectivity index is 1.73. The van der Waals surface area contributed by atoms with E-state index in [4.69, 9.17) is 4.74 Å². The number of hydrogen-bond acceptors (Lipinski definition) is 4. The first-order chi connectivity index (χ1) is 10.0. The summed E-state index contributed by atoms with van der Waals surface area (Å²) in [6, 6.07) is 7.34. The van der Waals surface area contributed by atoms with E-state index in [2.05, 4.69) is 15.9 Å². The highest BCUT2D eigenvalue weighted by Crippen LogP contribution is 2.52. The predicted octanol–water partition coefficient (Wildman–Crippen LogP) is 0.485. The van der Waals surface area contributed by atoms with E-state index >= 15 is 0 Å². The highest BCUT2D eigenvalue weighted by Gasteiger charge is 2.65. The number of carbonyl (C=O) groups excluding carboxylic acids is 2. The first-order valence-electron chi connectivity index (χ1n) is 6.67. The summed E-state index contributed by atoms with van der Waals surface area (Å²) in [4.78, 5) is 25.6. The zero-order valence-corrected chi connectivity index (χ0v) is 12.4. The number of halogens is 1. The van der Waals surface area contributed by atoms with Crippen LogP contribution in [0.3, 0.4) is 0 Å². The van der Waals surface area contributed by atoms with Crippen molar-refractivity contribution in [2.24, 2.45) is 11.8 Å². The largest absolute Gasteiger partial charge is 0.550 e. The summed E-state index contributed by atoms with van der Waals surface area (Å²) < 4.78 is 6.72. The van der Waals surface area contributed by atoms with E-state index in [0.717, 1.165) is 10.2 Å². The molecule has 3 heterocycles. The smallest absolute Gasteiger partial charge is 0.234 e. The summed E-state index contributed by atoms with van der Waals surface area (Å²) in [5.41, 5.74) is -0.0796. The van der Waals surface area contributed by atoms with Crippen molar-refractivity contribution in [2.45, 2.75) is 11.7 Å². The second-order valence-corrected chi connectivity index (χ2v) is 6.54. The van der Waals surface area contributed by atoms with Gasteiger partial charge >= 0.3 is 0 Å². The van der Waals surface area contributed by atoms with Crippen LogP contribution in [0.5, 0.6) is 0 Å². The van der Waals surface area contributed by atoms with Crippen LogP contribution in [0.2, 0.25) is 0 Å². The molecule has 0 radical (unpaired) electrons. The van der Waals surface area contributed by atoms with Crippen LogP contribution in [0.15, 0.2) is 40.9 Å². The second kappa shape index (κ2) is 4.18. The Morgan fingerprint density at radius 3 is 2.76 bits per heavy atom. The summed E-state index contributed by atoms with van der Waals surface area (Å²) >= 11 is 3.35. The standard InChI is InChI=1S/C15H12BrNO4/c16-8-1-3-9(4-2-8)17-7-15-6-5-10(21-15)11(14(19)20)12(15)13(17)18/h1-6,10-12H,7H2,(H,19,20)/p-1/t10-,11+,12-,15+/m0/s1. The number of nitrogens with zero attached hydrogens (tertiary/aromatic N) is 1. The van der Waals surface area contributed by atoms with Crippen LogP contribution in [0.4, 0.5) is 5.69 Å². The summed E-state index contributed by atoms with van der Waals surface area (Å²) in [5, 5.41) is 11.4. The summed E-state index contributed by atoms with van der Waals surface area (Å²) in [5.74, 6) is -3.02. The average Bonchev–Trinajstić information content (AvgIpc) is 3.08. The molecule has 2 bridgehead atoms. The summed E-state index contributed by atoms with van der Waals surface area (Å²) in [7, 11) is 0. The van der Waals surface area contributed by atoms with Gasteiger partial charge in [0.2, 0.25) is 5.91 Å². The van der Waals surface area contributed by atoms with Gasteiger partial charge in [0, 0.05) is 22.0 Å². The number of rotatable bonds is 2. The Labute approximate surface area is 129 Å². The molecular weight excluding hydrogens is 338 g/mol. The molecule has 4 atom stereocenters. The number of carboxylic acid groups (broad SMARTS) is 1. The predicted molar refractivity (Wildman–Crippen MR) is 75.2 cm³/mol. The lowest BCUT2D eigenvalue weighted by Crippen LogP contribution is -2.45. The number of amides is 1. The van der Waals surface area contributed by atoms with Crippen LogP contribution in [-0.2, 0) is 14.3 Å². The van der Waals surface area contributed by atoms with Gasteiger partial charge in [-0.2, -0.15) is 0 Å². The van der Waals surface area contributed by atoms with Crippen molar-refractivity contribution in [3.05, 3.63) is 40.9 Å². The van der Waals surface area contributed by atoms with Crippen molar-refractivity contribution in [2.75, 3.05) is 11.4 Å². The van der Waals surface area contributed by atoms with Crippen LogP contribution >= 0.6 is 15.9 Å². The van der Waals surface area contributed by atoms with E-state index in [9.17, 15) is 14.7 Å². The Bertz CT molecular complexity index is 671. The third-order valence-corrected chi connectivity index (χ3v) is 5.04. The molecule has 6 heteroatoms. The van der Waals surface area contributed by atoms with Crippen LogP contribution in [0.1, 0.15) is 0 Å². The zero-order valence-electron chi connectivity index (χ0n) is 10.9. The highest BCUT2D eigenvalue weighted by molar-refractivity contribution is 9.10. The monoisotopic (exact) mass is 348 g/mol. The molecule has 1 aromatic carbocycles. The van der Waals surface area contributed by atoms with Gasteiger partial charge in [-0.05, 0) is 24.3 Å². The van der Waals surface area contributed by atoms with Gasteiger partial charge in [-0.1, -0.05) is 28.1 Å². The van der Waals surface area contributed by atoms with Crippen LogP contribution in [0.25, 0.3) is 0 Å². The molecule has 0 aromatic heterocycles. The molecule has 2 saturated heterocycles. The SMILES string of the molecule is O=C([O-])[C@@H]1[C@@H]2C=C[C@]3(CN(c4ccc(Br)cc4)C(=O)[C@H]13)O2. The molecule has 0 N–H and O–H groups in total. The maximum Gasteiger partial charge on any atom is 0.234 e. The molecule has 3 aliphatic heterocycles.